The van der Waals surface area contributed by atoms with Crippen LogP contribution in [0.5, 0.6) is 0 Å². The normalized spacial score (nSPS) is 19.3. The van der Waals surface area contributed by atoms with E-state index in [2.05, 4.69) is 46.9 Å². The topological polar surface area (TPSA) is 56.9 Å². The number of carbonyl (C=O) groups excluding carboxylic acids is 1. The largest absolute Gasteiger partial charge is 0.361 e. The van der Waals surface area contributed by atoms with Gasteiger partial charge in [0.1, 0.15) is 0 Å². The molecule has 0 saturated carbocycles. The molecule has 1 aromatic carbocycles. The molecule has 1 saturated heterocycles. The van der Waals surface area contributed by atoms with Crippen LogP contribution in [0.15, 0.2) is 30.5 Å². The predicted octanol–water partition coefficient (Wildman–Crippen LogP) is 3.24. The fourth-order valence-corrected chi connectivity index (χ4v) is 3.74. The van der Waals surface area contributed by atoms with Gasteiger partial charge in [-0.1, -0.05) is 25.1 Å². The van der Waals surface area contributed by atoms with E-state index in [1.165, 1.54) is 29.3 Å². The molecule has 0 aliphatic carbocycles. The molecule has 2 aromatic rings. The van der Waals surface area contributed by atoms with Crippen molar-refractivity contribution in [2.45, 2.75) is 39.0 Å². The Kier molecular flexibility index (Phi) is 5.91. The molecule has 1 aliphatic rings. The third kappa shape index (κ3) is 4.38. The van der Waals surface area contributed by atoms with Gasteiger partial charge in [0.25, 0.3) is 0 Å². The average molecular weight is 327 g/mol. The van der Waals surface area contributed by atoms with E-state index in [4.69, 9.17) is 0 Å². The van der Waals surface area contributed by atoms with Gasteiger partial charge in [-0.05, 0) is 62.2 Å². The van der Waals surface area contributed by atoms with Gasteiger partial charge in [-0.2, -0.15) is 0 Å². The van der Waals surface area contributed by atoms with E-state index in [0.717, 1.165) is 32.5 Å². The number of hydrogen-bond donors (Lipinski definition) is 3. The summed E-state index contributed by atoms with van der Waals surface area (Å²) in [6, 6.07) is 8.37. The van der Waals surface area contributed by atoms with E-state index < -0.39 is 0 Å². The highest BCUT2D eigenvalue weighted by Crippen LogP contribution is 2.22. The molecule has 1 fully saturated rings. The fourth-order valence-electron chi connectivity index (χ4n) is 3.74. The zero-order valence-electron chi connectivity index (χ0n) is 14.6. The van der Waals surface area contributed by atoms with Gasteiger partial charge in [0.05, 0.1) is 0 Å². The minimum atomic E-state index is 0.201. The zero-order chi connectivity index (χ0) is 16.8. The Morgan fingerprint density at radius 2 is 2.25 bits per heavy atom. The molecule has 0 spiro atoms. The van der Waals surface area contributed by atoms with Crippen molar-refractivity contribution in [3.05, 3.63) is 36.0 Å². The molecule has 4 nitrogen and oxygen atoms in total. The van der Waals surface area contributed by atoms with Crippen molar-refractivity contribution >= 4 is 16.8 Å². The summed E-state index contributed by atoms with van der Waals surface area (Å²) in [6.45, 7) is 5.16. The van der Waals surface area contributed by atoms with Gasteiger partial charge in [-0.25, -0.2) is 0 Å². The Hall–Kier alpha value is -1.81. The summed E-state index contributed by atoms with van der Waals surface area (Å²) < 4.78 is 0. The lowest BCUT2D eigenvalue weighted by Gasteiger charge is -2.28. The number of aromatic nitrogens is 1. The number of hydrogen-bond acceptors (Lipinski definition) is 2. The highest BCUT2D eigenvalue weighted by Gasteiger charge is 2.21. The number of carbonyl (C=O) groups is 1. The first-order valence-corrected chi connectivity index (χ1v) is 9.26. The van der Waals surface area contributed by atoms with Crippen LogP contribution in [0.2, 0.25) is 0 Å². The quantitative estimate of drug-likeness (QED) is 0.684. The molecule has 1 amide bonds. The van der Waals surface area contributed by atoms with Gasteiger partial charge in [0.15, 0.2) is 0 Å². The predicted molar refractivity (Wildman–Crippen MR) is 99.0 cm³/mol. The number of aromatic amines is 1. The number of piperidine rings is 1. The molecule has 1 aromatic heterocycles. The van der Waals surface area contributed by atoms with Gasteiger partial charge < -0.3 is 15.6 Å². The molecular formula is C20H29N3O. The number of benzene rings is 1. The van der Waals surface area contributed by atoms with E-state index in [9.17, 15) is 4.79 Å². The molecule has 1 aliphatic heterocycles. The number of para-hydroxylation sites is 1. The van der Waals surface area contributed by atoms with Crippen molar-refractivity contribution in [1.82, 2.24) is 15.6 Å². The Labute approximate surface area is 144 Å². The Morgan fingerprint density at radius 1 is 1.38 bits per heavy atom. The fraction of sp³-hybridized carbons (Fsp3) is 0.550. The first-order valence-electron chi connectivity index (χ1n) is 9.26. The van der Waals surface area contributed by atoms with Gasteiger partial charge in [0.2, 0.25) is 5.91 Å². The number of nitrogens with one attached hydrogen (secondary N) is 3. The molecule has 3 rings (SSSR count). The Bertz CT molecular complexity index is 658. The number of aryl methyl sites for hydroxylation is 1. The van der Waals surface area contributed by atoms with Crippen LogP contribution in [-0.2, 0) is 11.2 Å². The molecule has 2 heterocycles. The van der Waals surface area contributed by atoms with Gasteiger partial charge in [-0.3, -0.25) is 4.79 Å². The van der Waals surface area contributed by atoms with Crippen molar-refractivity contribution < 1.29 is 4.79 Å². The first kappa shape index (κ1) is 17.0. The zero-order valence-corrected chi connectivity index (χ0v) is 14.6. The maximum absolute atomic E-state index is 12.1. The Morgan fingerprint density at radius 3 is 3.08 bits per heavy atom. The average Bonchev–Trinajstić information content (AvgIpc) is 3.03. The van der Waals surface area contributed by atoms with Crippen molar-refractivity contribution in [3.63, 3.8) is 0 Å². The summed E-state index contributed by atoms with van der Waals surface area (Å²) >= 11 is 0. The summed E-state index contributed by atoms with van der Waals surface area (Å²) in [5.41, 5.74) is 2.52. The van der Waals surface area contributed by atoms with E-state index in [1.807, 2.05) is 6.07 Å². The van der Waals surface area contributed by atoms with Crippen molar-refractivity contribution in [3.8, 4) is 0 Å². The molecule has 130 valence electrons. The molecule has 2 atom stereocenters. The second-order valence-corrected chi connectivity index (χ2v) is 7.10. The molecule has 2 unspecified atom stereocenters. The lowest BCUT2D eigenvalue weighted by molar-refractivity contribution is -0.122. The summed E-state index contributed by atoms with van der Waals surface area (Å²) in [5.74, 6) is 1.31. The highest BCUT2D eigenvalue weighted by atomic mass is 16.1. The number of H-pyrrole nitrogens is 1. The molecule has 24 heavy (non-hydrogen) atoms. The second kappa shape index (κ2) is 8.34. The number of amides is 1. The van der Waals surface area contributed by atoms with E-state index in [0.29, 0.717) is 18.3 Å². The van der Waals surface area contributed by atoms with Crippen molar-refractivity contribution in [2.24, 2.45) is 11.8 Å². The molecule has 4 heteroatoms. The van der Waals surface area contributed by atoms with Crippen LogP contribution in [0.25, 0.3) is 10.9 Å². The number of rotatable bonds is 7. The number of fused-ring (bicyclic) bond motifs is 1. The summed E-state index contributed by atoms with van der Waals surface area (Å²) in [5, 5.41) is 7.82. The van der Waals surface area contributed by atoms with Crippen LogP contribution >= 0.6 is 0 Å². The standard InChI is InChI=1S/C20H29N3O/c1-15(16-6-4-10-21-13-16)12-20(24)22-11-5-7-17-14-23-19-9-3-2-8-18(17)19/h2-3,8-9,14-16,21,23H,4-7,10-13H2,1H3,(H,22,24). The lowest BCUT2D eigenvalue weighted by Crippen LogP contribution is -2.35. The molecular weight excluding hydrogens is 298 g/mol. The maximum Gasteiger partial charge on any atom is 0.220 e. The SMILES string of the molecule is CC(CC(=O)NCCCc1c[nH]c2ccccc12)C1CCCNC1. The van der Waals surface area contributed by atoms with Crippen LogP contribution < -0.4 is 10.6 Å². The highest BCUT2D eigenvalue weighted by molar-refractivity contribution is 5.83. The monoisotopic (exact) mass is 327 g/mol. The first-order chi connectivity index (χ1) is 11.7. The summed E-state index contributed by atoms with van der Waals surface area (Å²) in [4.78, 5) is 15.4. The maximum atomic E-state index is 12.1. The van der Waals surface area contributed by atoms with Gasteiger partial charge in [0, 0.05) is 30.1 Å². The molecule has 0 bridgehead atoms. The van der Waals surface area contributed by atoms with Crippen LogP contribution in [0.4, 0.5) is 0 Å². The van der Waals surface area contributed by atoms with Gasteiger partial charge >= 0.3 is 0 Å². The van der Waals surface area contributed by atoms with E-state index in [1.54, 1.807) is 0 Å². The summed E-state index contributed by atoms with van der Waals surface area (Å²) in [6.07, 6.45) is 7.20. The van der Waals surface area contributed by atoms with Crippen LogP contribution in [-0.4, -0.2) is 30.5 Å². The van der Waals surface area contributed by atoms with Gasteiger partial charge in [-0.15, -0.1) is 0 Å². The third-order valence-corrected chi connectivity index (χ3v) is 5.27. The van der Waals surface area contributed by atoms with Crippen LogP contribution in [0.3, 0.4) is 0 Å². The lowest BCUT2D eigenvalue weighted by atomic mass is 9.85. The minimum Gasteiger partial charge on any atom is -0.361 e. The minimum absolute atomic E-state index is 0.201. The Balaban J connectivity index is 1.37. The molecule has 0 radical (unpaired) electrons. The van der Waals surface area contributed by atoms with Crippen molar-refractivity contribution in [1.29, 1.82) is 0 Å². The van der Waals surface area contributed by atoms with Crippen LogP contribution in [0, 0.1) is 11.8 Å². The van der Waals surface area contributed by atoms with Crippen LogP contribution in [0.1, 0.15) is 38.2 Å². The second-order valence-electron chi connectivity index (χ2n) is 7.10. The third-order valence-electron chi connectivity index (χ3n) is 5.27. The van der Waals surface area contributed by atoms with E-state index in [-0.39, 0.29) is 5.91 Å². The van der Waals surface area contributed by atoms with Crippen molar-refractivity contribution in [2.75, 3.05) is 19.6 Å². The molecule has 3 N–H and O–H groups in total. The summed E-state index contributed by atoms with van der Waals surface area (Å²) in [7, 11) is 0. The van der Waals surface area contributed by atoms with E-state index >= 15 is 0 Å². The smallest absolute Gasteiger partial charge is 0.220 e.